The van der Waals surface area contributed by atoms with Crippen molar-refractivity contribution in [2.24, 2.45) is 0 Å². The maximum absolute atomic E-state index is 10.3. The van der Waals surface area contributed by atoms with Crippen molar-refractivity contribution in [3.05, 3.63) is 48.6 Å². The summed E-state index contributed by atoms with van der Waals surface area (Å²) >= 11 is 0. The molecule has 0 saturated carbocycles. The van der Waals surface area contributed by atoms with Gasteiger partial charge in [0.25, 0.3) is 0 Å². The molecule has 0 fully saturated rings. The number of carboxylic acid groups (broad SMARTS) is 1. The van der Waals surface area contributed by atoms with Gasteiger partial charge < -0.3 is 14.9 Å². The summed E-state index contributed by atoms with van der Waals surface area (Å²) in [6.07, 6.45) is 27.3. The van der Waals surface area contributed by atoms with Crippen molar-refractivity contribution in [3.63, 3.8) is 0 Å². The van der Waals surface area contributed by atoms with Crippen LogP contribution in [-0.2, 0) is 9.36 Å². The zero-order valence-corrected chi connectivity index (χ0v) is 16.8. The van der Waals surface area contributed by atoms with Crippen molar-refractivity contribution in [2.45, 2.75) is 71.1 Å². The number of rotatable bonds is 14. The Bertz CT molecular complexity index is 449. The molecular weight excluding hydrogens is 351 g/mol. The van der Waals surface area contributed by atoms with Gasteiger partial charge in [-0.05, 0) is 44.9 Å². The van der Waals surface area contributed by atoms with Crippen LogP contribution in [0.15, 0.2) is 48.6 Å². The molecule has 0 aromatic heterocycles. The van der Waals surface area contributed by atoms with Gasteiger partial charge in [0, 0.05) is 6.42 Å². The Morgan fingerprint density at radius 3 is 1.54 bits per heavy atom. The van der Waals surface area contributed by atoms with E-state index in [4.69, 9.17) is 19.5 Å². The van der Waals surface area contributed by atoms with Crippen molar-refractivity contribution in [3.8, 4) is 0 Å². The van der Waals surface area contributed by atoms with Gasteiger partial charge in [-0.3, -0.25) is 9.36 Å². The van der Waals surface area contributed by atoms with Crippen molar-refractivity contribution >= 4 is 14.2 Å². The maximum Gasteiger partial charge on any atom is 0.314 e. The van der Waals surface area contributed by atoms with Gasteiger partial charge in [-0.15, -0.1) is 0 Å². The van der Waals surface area contributed by atoms with Gasteiger partial charge in [0.05, 0.1) is 0 Å². The molecule has 0 aliphatic carbocycles. The highest BCUT2D eigenvalue weighted by molar-refractivity contribution is 7.30. The van der Waals surface area contributed by atoms with Gasteiger partial charge in [0.1, 0.15) is 0 Å². The number of aliphatic carboxylic acids is 1. The van der Waals surface area contributed by atoms with Gasteiger partial charge >= 0.3 is 14.2 Å². The number of carboxylic acids is 1. The van der Waals surface area contributed by atoms with Crippen LogP contribution in [-0.4, -0.2) is 20.9 Å². The molecule has 0 atom stereocenters. The number of allylic oxidation sites excluding steroid dienone is 8. The molecule has 0 aromatic carbocycles. The fourth-order valence-electron chi connectivity index (χ4n) is 1.93. The third-order valence-electron chi connectivity index (χ3n) is 3.22. The largest absolute Gasteiger partial charge is 0.481 e. The molecule has 5 nitrogen and oxygen atoms in total. The number of hydrogen-bond acceptors (Lipinski definition) is 2. The lowest BCUT2D eigenvalue weighted by atomic mass is 10.2. The predicted octanol–water partition coefficient (Wildman–Crippen LogP) is 5.58. The summed E-state index contributed by atoms with van der Waals surface area (Å²) in [5.41, 5.74) is 0. The predicted molar refractivity (Wildman–Crippen MR) is 109 cm³/mol. The summed E-state index contributed by atoms with van der Waals surface area (Å²) in [5.74, 6) is -0.712. The SMILES string of the molecule is CCCCCC=CCC=CCC=CCC=CCCCC(=O)O.O=[PH](O)O. The van der Waals surface area contributed by atoms with Crippen LogP contribution in [0.4, 0.5) is 0 Å². The van der Waals surface area contributed by atoms with Crippen LogP contribution in [0.3, 0.4) is 0 Å². The third kappa shape index (κ3) is 34.0. The molecule has 0 aliphatic rings. The van der Waals surface area contributed by atoms with Gasteiger partial charge in [-0.2, -0.15) is 0 Å². The maximum atomic E-state index is 10.3. The Kier molecular flexibility index (Phi) is 24.3. The van der Waals surface area contributed by atoms with Crippen molar-refractivity contribution in [1.82, 2.24) is 0 Å². The minimum absolute atomic E-state index is 0.262. The van der Waals surface area contributed by atoms with Gasteiger partial charge in [-0.25, -0.2) is 0 Å². The van der Waals surface area contributed by atoms with Crippen LogP contribution in [0.2, 0.25) is 0 Å². The Morgan fingerprint density at radius 1 is 0.769 bits per heavy atom. The highest BCUT2D eigenvalue weighted by Crippen LogP contribution is 2.01. The van der Waals surface area contributed by atoms with E-state index in [1.165, 1.54) is 25.7 Å². The molecule has 0 aliphatic heterocycles. The number of unbranched alkanes of at least 4 members (excludes halogenated alkanes) is 4. The molecule has 0 bridgehead atoms. The number of carbonyl (C=O) groups is 1. The fraction of sp³-hybridized carbons (Fsp3) is 0.550. The minimum atomic E-state index is -3.13. The highest BCUT2D eigenvalue weighted by Gasteiger charge is 1.92. The molecule has 0 aromatic rings. The second kappa shape index (κ2) is 23.6. The second-order valence-electron chi connectivity index (χ2n) is 5.66. The van der Waals surface area contributed by atoms with Crippen molar-refractivity contribution < 1.29 is 24.3 Å². The lowest BCUT2D eigenvalue weighted by Gasteiger charge is -1.90. The molecule has 26 heavy (non-hydrogen) atoms. The fourth-order valence-corrected chi connectivity index (χ4v) is 1.93. The molecule has 0 rings (SSSR count). The van der Waals surface area contributed by atoms with E-state index >= 15 is 0 Å². The van der Waals surface area contributed by atoms with Crippen molar-refractivity contribution in [1.29, 1.82) is 0 Å². The topological polar surface area (TPSA) is 94.8 Å². The normalized spacial score (nSPS) is 11.8. The molecular formula is C20H35O5P. The number of hydrogen-bond donors (Lipinski definition) is 3. The average molecular weight is 386 g/mol. The van der Waals surface area contributed by atoms with Crippen LogP contribution >= 0.6 is 8.25 Å². The summed E-state index contributed by atoms with van der Waals surface area (Å²) in [7, 11) is -3.13. The van der Waals surface area contributed by atoms with Gasteiger partial charge in [0.15, 0.2) is 0 Å². The van der Waals surface area contributed by atoms with E-state index in [0.717, 1.165) is 32.1 Å². The van der Waals surface area contributed by atoms with E-state index in [1.54, 1.807) is 0 Å². The van der Waals surface area contributed by atoms with Crippen LogP contribution in [0.25, 0.3) is 0 Å². The summed E-state index contributed by atoms with van der Waals surface area (Å²) in [5, 5.41) is 8.49. The molecule has 0 saturated heterocycles. The highest BCUT2D eigenvalue weighted by atomic mass is 31.1. The van der Waals surface area contributed by atoms with Gasteiger partial charge in [-0.1, -0.05) is 68.4 Å². The Balaban J connectivity index is 0. The quantitative estimate of drug-likeness (QED) is 0.206. The van der Waals surface area contributed by atoms with Gasteiger partial charge in [0.2, 0.25) is 0 Å². The lowest BCUT2D eigenvalue weighted by molar-refractivity contribution is -0.137. The first-order valence-electron chi connectivity index (χ1n) is 9.24. The zero-order chi connectivity index (χ0) is 19.9. The minimum Gasteiger partial charge on any atom is -0.481 e. The second-order valence-corrected chi connectivity index (χ2v) is 6.22. The Morgan fingerprint density at radius 2 is 1.15 bits per heavy atom. The van der Waals surface area contributed by atoms with E-state index in [-0.39, 0.29) is 6.42 Å². The molecule has 0 unspecified atom stereocenters. The molecule has 0 spiro atoms. The molecule has 0 heterocycles. The first kappa shape index (κ1) is 26.8. The van der Waals surface area contributed by atoms with Crippen LogP contribution < -0.4 is 0 Å². The molecule has 150 valence electrons. The van der Waals surface area contributed by atoms with E-state index in [9.17, 15) is 4.79 Å². The standard InChI is InChI=1S/C20H32O2.H3O3P/c1-2-3-4-5-6-7-8-9-10-11-12-13-14-15-16-17-18-19-20(21)22;1-4(2)3/h6-7,9-10,12-13,15-16H,2-5,8,11,14,17-19H2,1H3,(H,21,22);4H,(H2,1,2,3). The summed E-state index contributed by atoms with van der Waals surface area (Å²) in [6.45, 7) is 2.23. The van der Waals surface area contributed by atoms with Crippen LogP contribution in [0.1, 0.15) is 71.1 Å². The lowest BCUT2D eigenvalue weighted by Crippen LogP contribution is -1.92. The van der Waals surface area contributed by atoms with Crippen LogP contribution in [0.5, 0.6) is 0 Å². The van der Waals surface area contributed by atoms with Crippen molar-refractivity contribution in [2.75, 3.05) is 0 Å². The van der Waals surface area contributed by atoms with E-state index in [1.807, 2.05) is 0 Å². The summed E-state index contributed by atoms with van der Waals surface area (Å²) in [6, 6.07) is 0. The average Bonchev–Trinajstić information content (AvgIpc) is 2.57. The van der Waals surface area contributed by atoms with E-state index < -0.39 is 14.2 Å². The Labute approximate surface area is 158 Å². The first-order valence-corrected chi connectivity index (χ1v) is 10.5. The summed E-state index contributed by atoms with van der Waals surface area (Å²) < 4.78 is 8.74. The zero-order valence-electron chi connectivity index (χ0n) is 15.8. The smallest absolute Gasteiger partial charge is 0.314 e. The molecule has 6 heteroatoms. The third-order valence-corrected chi connectivity index (χ3v) is 3.22. The monoisotopic (exact) mass is 386 g/mol. The molecule has 0 amide bonds. The van der Waals surface area contributed by atoms with E-state index in [2.05, 4.69) is 55.5 Å². The molecule has 0 radical (unpaired) electrons. The first-order chi connectivity index (χ1) is 12.5. The van der Waals surface area contributed by atoms with E-state index in [0.29, 0.717) is 0 Å². The summed E-state index contributed by atoms with van der Waals surface area (Å²) in [4.78, 5) is 24.6. The molecule has 3 N–H and O–H groups in total. The van der Waals surface area contributed by atoms with Crippen LogP contribution in [0, 0.1) is 0 Å². The Hall–Kier alpha value is -1.42.